The van der Waals surface area contributed by atoms with E-state index in [0.717, 1.165) is 36.3 Å². The third-order valence-corrected chi connectivity index (χ3v) is 5.77. The number of carbonyl (C=O) groups is 1. The van der Waals surface area contributed by atoms with E-state index in [1.54, 1.807) is 6.92 Å². The molecule has 1 heterocycles. The van der Waals surface area contributed by atoms with Crippen molar-refractivity contribution in [1.29, 1.82) is 0 Å². The molecule has 2 saturated carbocycles. The van der Waals surface area contributed by atoms with Crippen LogP contribution in [-0.2, 0) is 15.3 Å². The molecule has 3 rings (SSSR count). The fourth-order valence-corrected chi connectivity index (χ4v) is 4.00. The predicted molar refractivity (Wildman–Crippen MR) is 107 cm³/mol. The highest BCUT2D eigenvalue weighted by molar-refractivity contribution is 7.93. The molecule has 0 radical (unpaired) electrons. The van der Waals surface area contributed by atoms with Crippen molar-refractivity contribution in [1.82, 2.24) is 15.3 Å². The number of rotatable bonds is 6. The summed E-state index contributed by atoms with van der Waals surface area (Å²) in [6.07, 6.45) is 7.43. The Morgan fingerprint density at radius 3 is 2.50 bits per heavy atom. The second-order valence-corrected chi connectivity index (χ2v) is 11.0. The molecule has 2 unspecified atom stereocenters. The van der Waals surface area contributed by atoms with Crippen LogP contribution in [0.25, 0.3) is 0 Å². The van der Waals surface area contributed by atoms with E-state index in [4.69, 9.17) is 4.74 Å². The Labute approximate surface area is 166 Å². The zero-order valence-electron chi connectivity index (χ0n) is 17.1. The van der Waals surface area contributed by atoms with Gasteiger partial charge in [-0.3, -0.25) is 4.79 Å². The monoisotopic (exact) mass is 407 g/mol. The quantitative estimate of drug-likeness (QED) is 0.778. The Morgan fingerprint density at radius 2 is 1.93 bits per heavy atom. The van der Waals surface area contributed by atoms with Crippen LogP contribution in [-0.4, -0.2) is 42.7 Å². The van der Waals surface area contributed by atoms with Crippen LogP contribution in [0.1, 0.15) is 63.1 Å². The number of nitrogens with one attached hydrogen (secondary N) is 1. The molecule has 0 saturated heterocycles. The Balaban J connectivity index is 1.79. The lowest BCUT2D eigenvalue weighted by molar-refractivity contribution is 0.0936. The van der Waals surface area contributed by atoms with Crippen LogP contribution in [0.2, 0.25) is 0 Å². The van der Waals surface area contributed by atoms with E-state index in [0.29, 0.717) is 11.7 Å². The molecule has 1 aromatic rings. The van der Waals surface area contributed by atoms with Gasteiger partial charge in [0.1, 0.15) is 17.5 Å². The lowest BCUT2D eigenvalue weighted by Gasteiger charge is -2.21. The van der Waals surface area contributed by atoms with Crippen LogP contribution in [0.4, 0.5) is 0 Å². The molecule has 0 aromatic carbocycles. The van der Waals surface area contributed by atoms with Gasteiger partial charge in [0, 0.05) is 29.3 Å². The average Bonchev–Trinajstić information content (AvgIpc) is 3.18. The fraction of sp³-hybridized carbons (Fsp3) is 0.650. The molecule has 4 atom stereocenters. The number of hydrogen-bond donors (Lipinski definition) is 1. The molecule has 1 N–H and O–H groups in total. The highest BCUT2D eigenvalue weighted by Crippen LogP contribution is 2.52. The van der Waals surface area contributed by atoms with Gasteiger partial charge in [0.15, 0.2) is 9.84 Å². The van der Waals surface area contributed by atoms with Gasteiger partial charge in [0.05, 0.1) is 0 Å². The first kappa shape index (κ1) is 20.8. The van der Waals surface area contributed by atoms with E-state index < -0.39 is 15.9 Å². The average molecular weight is 408 g/mol. The summed E-state index contributed by atoms with van der Waals surface area (Å²) in [6, 6.07) is -0.462. The van der Waals surface area contributed by atoms with Crippen molar-refractivity contribution in [3.63, 3.8) is 0 Å². The van der Waals surface area contributed by atoms with Crippen LogP contribution in [0.3, 0.4) is 0 Å². The summed E-state index contributed by atoms with van der Waals surface area (Å²) in [6.45, 7) is 7.73. The maximum absolute atomic E-state index is 12.8. The standard InChI is InChI=1S/C20H29N3O4S/c1-12(6-7-28(5,25)26)22-17(24)16-11-21-19(20(2,3)4)23-18(16)27-15-9-13-8-14(13)10-15/h6-7,11-15H,8-10H2,1-5H3,(H,22,24)/b7-6+/t12?,13-,14+,15?. The number of carbonyl (C=O) groups excluding carboxylic acids is 1. The Kier molecular flexibility index (Phi) is 5.53. The van der Waals surface area contributed by atoms with E-state index in [-0.39, 0.29) is 23.0 Å². The van der Waals surface area contributed by atoms with Crippen molar-refractivity contribution in [3.05, 3.63) is 29.1 Å². The second kappa shape index (κ2) is 7.46. The molecule has 0 spiro atoms. The predicted octanol–water partition coefficient (Wildman–Crippen LogP) is 2.63. The lowest BCUT2D eigenvalue weighted by Crippen LogP contribution is -2.32. The highest BCUT2D eigenvalue weighted by Gasteiger charge is 2.47. The first-order valence-electron chi connectivity index (χ1n) is 9.65. The lowest BCUT2D eigenvalue weighted by atomic mass is 9.95. The van der Waals surface area contributed by atoms with Crippen molar-refractivity contribution in [2.24, 2.45) is 11.8 Å². The molecule has 2 aliphatic carbocycles. The van der Waals surface area contributed by atoms with E-state index in [9.17, 15) is 13.2 Å². The number of amides is 1. The first-order valence-corrected chi connectivity index (χ1v) is 11.6. The molecule has 7 nitrogen and oxygen atoms in total. The number of sulfone groups is 1. The number of aromatic nitrogens is 2. The third-order valence-electron chi connectivity index (χ3n) is 5.12. The number of ether oxygens (including phenoxy) is 1. The molecule has 2 fully saturated rings. The van der Waals surface area contributed by atoms with Crippen molar-refractivity contribution in [2.45, 2.75) is 64.5 Å². The number of nitrogens with zero attached hydrogens (tertiary/aromatic N) is 2. The molecule has 2 aliphatic rings. The van der Waals surface area contributed by atoms with Crippen LogP contribution in [0.15, 0.2) is 17.7 Å². The van der Waals surface area contributed by atoms with Crippen LogP contribution in [0, 0.1) is 11.8 Å². The molecule has 0 aliphatic heterocycles. The molecule has 0 bridgehead atoms. The van der Waals surface area contributed by atoms with E-state index in [2.05, 4.69) is 15.3 Å². The minimum atomic E-state index is -3.25. The van der Waals surface area contributed by atoms with Gasteiger partial charge in [-0.05, 0) is 38.0 Å². The van der Waals surface area contributed by atoms with E-state index in [1.807, 2.05) is 20.8 Å². The third kappa shape index (κ3) is 5.31. The van der Waals surface area contributed by atoms with Crippen LogP contribution < -0.4 is 10.1 Å². The van der Waals surface area contributed by atoms with Crippen molar-refractivity contribution in [3.8, 4) is 5.88 Å². The number of hydrogen-bond acceptors (Lipinski definition) is 6. The van der Waals surface area contributed by atoms with E-state index in [1.165, 1.54) is 18.7 Å². The Morgan fingerprint density at radius 1 is 1.29 bits per heavy atom. The summed E-state index contributed by atoms with van der Waals surface area (Å²) in [4.78, 5) is 21.7. The summed E-state index contributed by atoms with van der Waals surface area (Å²) in [5.41, 5.74) is 0.00405. The van der Waals surface area contributed by atoms with Gasteiger partial charge < -0.3 is 10.1 Å². The van der Waals surface area contributed by atoms with Gasteiger partial charge in [0.25, 0.3) is 5.91 Å². The Bertz CT molecular complexity index is 879. The maximum Gasteiger partial charge on any atom is 0.258 e. The highest BCUT2D eigenvalue weighted by atomic mass is 32.2. The van der Waals surface area contributed by atoms with Gasteiger partial charge in [-0.1, -0.05) is 26.8 Å². The Hall–Kier alpha value is -1.96. The minimum Gasteiger partial charge on any atom is -0.474 e. The van der Waals surface area contributed by atoms with Crippen LogP contribution in [0.5, 0.6) is 5.88 Å². The van der Waals surface area contributed by atoms with E-state index >= 15 is 0 Å². The molecule has 1 amide bonds. The van der Waals surface area contributed by atoms with Gasteiger partial charge in [-0.15, -0.1) is 0 Å². The topological polar surface area (TPSA) is 98.2 Å². The number of fused-ring (bicyclic) bond motifs is 1. The fourth-order valence-electron chi connectivity index (χ4n) is 3.48. The summed E-state index contributed by atoms with van der Waals surface area (Å²) in [5.74, 6) is 2.05. The summed E-state index contributed by atoms with van der Waals surface area (Å²) >= 11 is 0. The summed E-state index contributed by atoms with van der Waals surface area (Å²) in [5, 5.41) is 3.84. The summed E-state index contributed by atoms with van der Waals surface area (Å²) in [7, 11) is -3.25. The second-order valence-electron chi connectivity index (χ2n) is 9.05. The molecule has 154 valence electrons. The molecule has 1 aromatic heterocycles. The molecule has 28 heavy (non-hydrogen) atoms. The molecular formula is C20H29N3O4S. The van der Waals surface area contributed by atoms with Gasteiger partial charge in [-0.2, -0.15) is 4.98 Å². The zero-order valence-corrected chi connectivity index (χ0v) is 17.9. The van der Waals surface area contributed by atoms with Gasteiger partial charge >= 0.3 is 0 Å². The smallest absolute Gasteiger partial charge is 0.258 e. The molecule has 8 heteroatoms. The molecular weight excluding hydrogens is 378 g/mol. The van der Waals surface area contributed by atoms with Crippen molar-refractivity contribution in [2.75, 3.05) is 6.26 Å². The zero-order chi connectivity index (χ0) is 20.7. The van der Waals surface area contributed by atoms with Gasteiger partial charge in [0.2, 0.25) is 5.88 Å². The largest absolute Gasteiger partial charge is 0.474 e. The normalized spacial score (nSPS) is 25.4. The maximum atomic E-state index is 12.8. The minimum absolute atomic E-state index is 0.0839. The van der Waals surface area contributed by atoms with Crippen molar-refractivity contribution < 1.29 is 17.9 Å². The first-order chi connectivity index (χ1) is 12.9. The van der Waals surface area contributed by atoms with Crippen LogP contribution >= 0.6 is 0 Å². The van der Waals surface area contributed by atoms with Crippen molar-refractivity contribution >= 4 is 15.7 Å². The summed E-state index contributed by atoms with van der Waals surface area (Å²) < 4.78 is 28.7. The SMILES string of the molecule is CC(/C=C/S(C)(=O)=O)NC(=O)c1cnc(C(C)(C)C)nc1OC1C[C@@H]2C[C@@H]2C1. The van der Waals surface area contributed by atoms with Gasteiger partial charge in [-0.25, -0.2) is 13.4 Å².